The van der Waals surface area contributed by atoms with Gasteiger partial charge in [-0.25, -0.2) is 17.6 Å². The molecule has 0 spiro atoms. The summed E-state index contributed by atoms with van der Waals surface area (Å²) in [5, 5.41) is 7.22. The van der Waals surface area contributed by atoms with Gasteiger partial charge in [0.15, 0.2) is 14.7 Å². The van der Waals surface area contributed by atoms with Gasteiger partial charge in [0.1, 0.15) is 24.4 Å². The molecule has 0 fully saturated rings. The standard InChI is InChI=1S/C24H34Cl2FN3O8S/c1-14(29-23(34)38-24(2,3)4)21(32)28-12-6-7-18(31)37-19(17(13-27)30-22(33)20(25)26)15-8-10-16(11-9-15)39(5,35)36/h8-11,14,17,19-20H,6-7,12-13H2,1-5H3,(H,28,32)(H,29,34)(H,30,33)/t14-,17+,19+/m0/s1. The number of sulfone groups is 1. The van der Waals surface area contributed by atoms with E-state index < -0.39 is 69.0 Å². The van der Waals surface area contributed by atoms with Gasteiger partial charge in [-0.1, -0.05) is 35.3 Å². The van der Waals surface area contributed by atoms with Crippen molar-refractivity contribution in [1.82, 2.24) is 16.0 Å². The molecule has 0 aliphatic rings. The van der Waals surface area contributed by atoms with Crippen LogP contribution in [0.5, 0.6) is 0 Å². The van der Waals surface area contributed by atoms with Crippen molar-refractivity contribution in [3.05, 3.63) is 29.8 Å². The molecule has 0 saturated heterocycles. The van der Waals surface area contributed by atoms with Crippen molar-refractivity contribution in [3.8, 4) is 0 Å². The highest BCUT2D eigenvalue weighted by molar-refractivity contribution is 7.90. The molecule has 0 bridgehead atoms. The van der Waals surface area contributed by atoms with E-state index in [1.54, 1.807) is 20.8 Å². The van der Waals surface area contributed by atoms with Gasteiger partial charge < -0.3 is 25.4 Å². The maximum Gasteiger partial charge on any atom is 0.408 e. The lowest BCUT2D eigenvalue weighted by Gasteiger charge is -2.27. The van der Waals surface area contributed by atoms with Crippen molar-refractivity contribution in [2.45, 2.75) is 74.1 Å². The Kier molecular flexibility index (Phi) is 13.4. The summed E-state index contributed by atoms with van der Waals surface area (Å²) in [5.74, 6) is -2.19. The number of rotatable bonds is 13. The maximum atomic E-state index is 13.9. The second-order valence-corrected chi connectivity index (χ2v) is 12.7. The molecular weight excluding hydrogens is 580 g/mol. The topological polar surface area (TPSA) is 157 Å². The van der Waals surface area contributed by atoms with E-state index in [9.17, 15) is 32.0 Å². The summed E-state index contributed by atoms with van der Waals surface area (Å²) in [6, 6.07) is 2.92. The van der Waals surface area contributed by atoms with Crippen molar-refractivity contribution >= 4 is 56.9 Å². The zero-order chi connectivity index (χ0) is 30.0. The highest BCUT2D eigenvalue weighted by atomic mass is 35.5. The molecule has 220 valence electrons. The van der Waals surface area contributed by atoms with Gasteiger partial charge in [0.2, 0.25) is 5.91 Å². The molecule has 0 radical (unpaired) electrons. The van der Waals surface area contributed by atoms with Crippen molar-refractivity contribution in [2.75, 3.05) is 19.5 Å². The predicted octanol–water partition coefficient (Wildman–Crippen LogP) is 2.74. The van der Waals surface area contributed by atoms with Crippen LogP contribution in [0.15, 0.2) is 29.2 Å². The molecule has 3 amide bonds. The highest BCUT2D eigenvalue weighted by Crippen LogP contribution is 2.25. The smallest absolute Gasteiger partial charge is 0.408 e. The molecule has 0 aliphatic carbocycles. The summed E-state index contributed by atoms with van der Waals surface area (Å²) in [6.07, 6.45) is -1.12. The number of alkyl carbamates (subject to hydrolysis) is 1. The van der Waals surface area contributed by atoms with Gasteiger partial charge in [-0.15, -0.1) is 0 Å². The molecule has 1 aromatic carbocycles. The van der Waals surface area contributed by atoms with Gasteiger partial charge in [-0.3, -0.25) is 14.4 Å². The quantitative estimate of drug-likeness (QED) is 0.174. The van der Waals surface area contributed by atoms with Crippen LogP contribution in [0.2, 0.25) is 0 Å². The van der Waals surface area contributed by atoms with Gasteiger partial charge >= 0.3 is 12.1 Å². The van der Waals surface area contributed by atoms with Crippen LogP contribution in [0.25, 0.3) is 0 Å². The number of alkyl halides is 3. The summed E-state index contributed by atoms with van der Waals surface area (Å²) in [7, 11) is -3.52. The first-order chi connectivity index (χ1) is 17.9. The second kappa shape index (κ2) is 15.2. The number of ether oxygens (including phenoxy) is 2. The molecule has 0 aromatic heterocycles. The fourth-order valence-corrected chi connectivity index (χ4v) is 3.83. The first-order valence-corrected chi connectivity index (χ1v) is 14.6. The number of halogens is 3. The third-order valence-corrected chi connectivity index (χ3v) is 6.46. The Hall–Kier alpha value is -2.64. The molecule has 0 saturated carbocycles. The summed E-state index contributed by atoms with van der Waals surface area (Å²) >= 11 is 11.1. The van der Waals surface area contributed by atoms with Crippen LogP contribution in [-0.4, -0.2) is 74.3 Å². The average Bonchev–Trinajstić information content (AvgIpc) is 2.81. The summed E-state index contributed by atoms with van der Waals surface area (Å²) in [4.78, 5) is 47.0. The summed E-state index contributed by atoms with van der Waals surface area (Å²) in [6.45, 7) is 5.42. The molecule has 0 unspecified atom stereocenters. The number of amides is 3. The molecule has 39 heavy (non-hydrogen) atoms. The first kappa shape index (κ1) is 34.4. The van der Waals surface area contributed by atoms with Crippen LogP contribution in [0.4, 0.5) is 9.18 Å². The first-order valence-electron chi connectivity index (χ1n) is 11.9. The number of benzene rings is 1. The Morgan fingerprint density at radius 2 is 1.62 bits per heavy atom. The van der Waals surface area contributed by atoms with Gasteiger partial charge in [0, 0.05) is 19.2 Å². The molecule has 11 nitrogen and oxygen atoms in total. The lowest BCUT2D eigenvalue weighted by Crippen LogP contribution is -2.46. The minimum atomic E-state index is -3.52. The van der Waals surface area contributed by atoms with E-state index >= 15 is 0 Å². The van der Waals surface area contributed by atoms with Gasteiger partial charge in [-0.05, 0) is 51.8 Å². The van der Waals surface area contributed by atoms with Crippen LogP contribution in [0.3, 0.4) is 0 Å². The van der Waals surface area contributed by atoms with Gasteiger partial charge in [0.05, 0.1) is 10.9 Å². The number of hydrogen-bond donors (Lipinski definition) is 3. The largest absolute Gasteiger partial charge is 0.455 e. The second-order valence-electron chi connectivity index (χ2n) is 9.58. The Bertz CT molecular complexity index is 1110. The number of carbonyl (C=O) groups is 4. The van der Waals surface area contributed by atoms with Crippen LogP contribution < -0.4 is 16.0 Å². The van der Waals surface area contributed by atoms with E-state index in [-0.39, 0.29) is 29.8 Å². The predicted molar refractivity (Wildman–Crippen MR) is 143 cm³/mol. The van der Waals surface area contributed by atoms with Crippen LogP contribution in [-0.2, 0) is 33.7 Å². The molecule has 1 rings (SSSR count). The molecule has 0 aliphatic heterocycles. The fraction of sp³-hybridized carbons (Fsp3) is 0.583. The Labute approximate surface area is 237 Å². The number of carbonyl (C=O) groups excluding carboxylic acids is 4. The zero-order valence-corrected chi connectivity index (χ0v) is 24.6. The van der Waals surface area contributed by atoms with E-state index in [1.807, 2.05) is 0 Å². The zero-order valence-electron chi connectivity index (χ0n) is 22.3. The van der Waals surface area contributed by atoms with Crippen molar-refractivity contribution < 1.29 is 41.5 Å². The molecule has 3 N–H and O–H groups in total. The van der Waals surface area contributed by atoms with Crippen molar-refractivity contribution in [2.24, 2.45) is 0 Å². The van der Waals surface area contributed by atoms with Gasteiger partial charge in [-0.2, -0.15) is 0 Å². The normalized spacial score (nSPS) is 14.1. The summed E-state index contributed by atoms with van der Waals surface area (Å²) < 4.78 is 48.0. The maximum absolute atomic E-state index is 13.9. The minimum Gasteiger partial charge on any atom is -0.455 e. The average molecular weight is 615 g/mol. The lowest BCUT2D eigenvalue weighted by molar-refractivity contribution is -0.152. The molecule has 0 heterocycles. The van der Waals surface area contributed by atoms with Crippen LogP contribution in [0, 0.1) is 0 Å². The van der Waals surface area contributed by atoms with Crippen LogP contribution >= 0.6 is 23.2 Å². The third kappa shape index (κ3) is 12.8. The number of esters is 1. The fourth-order valence-electron chi connectivity index (χ4n) is 3.08. The van der Waals surface area contributed by atoms with Crippen molar-refractivity contribution in [1.29, 1.82) is 0 Å². The minimum absolute atomic E-state index is 0.00938. The van der Waals surface area contributed by atoms with E-state index in [0.717, 1.165) is 6.26 Å². The van der Waals surface area contributed by atoms with E-state index in [0.29, 0.717) is 0 Å². The van der Waals surface area contributed by atoms with E-state index in [4.69, 9.17) is 32.7 Å². The lowest BCUT2D eigenvalue weighted by atomic mass is 10.0. The summed E-state index contributed by atoms with van der Waals surface area (Å²) in [5.41, 5.74) is -0.511. The SMILES string of the molecule is C[C@H](NC(=O)OC(C)(C)C)C(=O)NCCCC(=O)O[C@H](c1ccc(S(C)(=O)=O)cc1)[C@@H](CF)NC(=O)C(Cl)Cl. The molecule has 1 aromatic rings. The number of nitrogens with one attached hydrogen (secondary N) is 3. The van der Waals surface area contributed by atoms with Crippen LogP contribution in [0.1, 0.15) is 52.2 Å². The number of hydrogen-bond acceptors (Lipinski definition) is 8. The Morgan fingerprint density at radius 3 is 2.10 bits per heavy atom. The Morgan fingerprint density at radius 1 is 1.03 bits per heavy atom. The molecule has 3 atom stereocenters. The highest BCUT2D eigenvalue weighted by Gasteiger charge is 2.30. The monoisotopic (exact) mass is 613 g/mol. The van der Waals surface area contributed by atoms with Gasteiger partial charge in [0.25, 0.3) is 5.91 Å². The third-order valence-electron chi connectivity index (χ3n) is 4.94. The molecular formula is C24H34Cl2FN3O8S. The Balaban J connectivity index is 2.80. The van der Waals surface area contributed by atoms with Crippen molar-refractivity contribution in [3.63, 3.8) is 0 Å². The van der Waals surface area contributed by atoms with E-state index in [1.165, 1.54) is 31.2 Å². The molecule has 15 heteroatoms. The van der Waals surface area contributed by atoms with E-state index in [2.05, 4.69) is 16.0 Å².